The molecule has 2 nitrogen and oxygen atoms in total. The topological polar surface area (TPSA) is 29.1 Å². The molecule has 1 N–H and O–H groups in total. The lowest BCUT2D eigenvalue weighted by atomic mass is 10.4. The van der Waals surface area contributed by atoms with Crippen LogP contribution in [0.4, 0.5) is 0 Å². The molecule has 0 aliphatic carbocycles. The van der Waals surface area contributed by atoms with Crippen molar-refractivity contribution >= 4 is 5.91 Å². The van der Waals surface area contributed by atoms with E-state index in [9.17, 15) is 4.79 Å². The molecular weight excluding hydrogens is 174 g/mol. The van der Waals surface area contributed by atoms with Gasteiger partial charge < -0.3 is 5.32 Å². The molecule has 0 aliphatic heterocycles. The van der Waals surface area contributed by atoms with Crippen LogP contribution < -0.4 is 5.32 Å². The van der Waals surface area contributed by atoms with Crippen LogP contribution in [0.15, 0.2) is 37.1 Å². The van der Waals surface area contributed by atoms with Gasteiger partial charge in [-0.3, -0.25) is 4.79 Å². The summed E-state index contributed by atoms with van der Waals surface area (Å²) in [6, 6.07) is 0. The number of amides is 1. The van der Waals surface area contributed by atoms with Gasteiger partial charge in [-0.2, -0.15) is 0 Å². The van der Waals surface area contributed by atoms with Gasteiger partial charge in [0, 0.05) is 12.6 Å². The number of carbonyl (C=O) groups excluding carboxylic acids is 1. The molecule has 0 bridgehead atoms. The molecule has 0 aromatic heterocycles. The molecule has 2 heteroatoms. The van der Waals surface area contributed by atoms with Gasteiger partial charge in [0.25, 0.3) is 0 Å². The number of hydrogen-bond donors (Lipinski definition) is 1. The Kier molecular flexibility index (Phi) is 23.3. The van der Waals surface area contributed by atoms with Gasteiger partial charge in [0.05, 0.1) is 0 Å². The minimum Gasteiger partial charge on any atom is -0.326 e. The van der Waals surface area contributed by atoms with E-state index in [-0.39, 0.29) is 5.91 Å². The van der Waals surface area contributed by atoms with Gasteiger partial charge in [0.2, 0.25) is 5.91 Å². The first kappa shape index (κ1) is 18.5. The van der Waals surface area contributed by atoms with Crippen molar-refractivity contribution < 1.29 is 4.79 Å². The van der Waals surface area contributed by atoms with Crippen molar-refractivity contribution in [3.8, 4) is 0 Å². The standard InChI is InChI=1S/C8H11NO.2C2H6/c1-4-6-8(5-2)9-7(3)10;2*1-2/h4-6H,1-2H2,3H3,(H,9,10);2*1-2H3/b8-6+;;. The van der Waals surface area contributed by atoms with E-state index in [2.05, 4.69) is 18.5 Å². The monoisotopic (exact) mass is 197 g/mol. The van der Waals surface area contributed by atoms with Crippen LogP contribution in [0.25, 0.3) is 0 Å². The lowest BCUT2D eigenvalue weighted by molar-refractivity contribution is -0.118. The SMILES string of the molecule is C=C/C=C(\C=C)NC(C)=O.CC.CC. The Bertz CT molecular complexity index is 181. The van der Waals surface area contributed by atoms with E-state index in [1.54, 1.807) is 18.2 Å². The Morgan fingerprint density at radius 2 is 1.57 bits per heavy atom. The van der Waals surface area contributed by atoms with Crippen LogP contribution in [-0.4, -0.2) is 5.91 Å². The highest BCUT2D eigenvalue weighted by atomic mass is 16.1. The van der Waals surface area contributed by atoms with Crippen molar-refractivity contribution in [1.82, 2.24) is 5.32 Å². The highest BCUT2D eigenvalue weighted by Gasteiger charge is 1.90. The van der Waals surface area contributed by atoms with Crippen LogP contribution >= 0.6 is 0 Å². The molecule has 0 aliphatic rings. The maximum absolute atomic E-state index is 10.5. The summed E-state index contributed by atoms with van der Waals surface area (Å²) in [5, 5.41) is 2.56. The minimum atomic E-state index is -0.104. The molecular formula is C12H23NO. The summed E-state index contributed by atoms with van der Waals surface area (Å²) < 4.78 is 0. The average Bonchev–Trinajstić information content (AvgIpc) is 2.22. The molecule has 0 aromatic carbocycles. The molecule has 0 saturated heterocycles. The molecule has 14 heavy (non-hydrogen) atoms. The molecule has 0 heterocycles. The Morgan fingerprint density at radius 1 is 1.14 bits per heavy atom. The second kappa shape index (κ2) is 17.7. The fourth-order valence-electron chi connectivity index (χ4n) is 0.491. The van der Waals surface area contributed by atoms with Crippen molar-refractivity contribution in [2.24, 2.45) is 0 Å². The van der Waals surface area contributed by atoms with Crippen LogP contribution in [0.1, 0.15) is 34.6 Å². The summed E-state index contributed by atoms with van der Waals surface area (Å²) in [4.78, 5) is 10.5. The summed E-state index contributed by atoms with van der Waals surface area (Å²) in [6.07, 6.45) is 4.82. The lowest BCUT2D eigenvalue weighted by Gasteiger charge is -1.98. The van der Waals surface area contributed by atoms with Gasteiger partial charge in [-0.1, -0.05) is 46.9 Å². The van der Waals surface area contributed by atoms with E-state index in [1.165, 1.54) is 6.92 Å². The third kappa shape index (κ3) is 17.0. The quantitative estimate of drug-likeness (QED) is 0.690. The van der Waals surface area contributed by atoms with Gasteiger partial charge >= 0.3 is 0 Å². The minimum absolute atomic E-state index is 0.104. The molecule has 0 unspecified atom stereocenters. The zero-order chi connectivity index (χ0) is 12.0. The number of hydrogen-bond acceptors (Lipinski definition) is 1. The van der Waals surface area contributed by atoms with Crippen LogP contribution in [0.5, 0.6) is 0 Å². The summed E-state index contributed by atoms with van der Waals surface area (Å²) in [5.41, 5.74) is 0.669. The van der Waals surface area contributed by atoms with Crippen LogP contribution in [0.2, 0.25) is 0 Å². The highest BCUT2D eigenvalue weighted by molar-refractivity contribution is 5.75. The van der Waals surface area contributed by atoms with Crippen LogP contribution in [0, 0.1) is 0 Å². The normalized spacial score (nSPS) is 8.21. The smallest absolute Gasteiger partial charge is 0.221 e. The number of allylic oxidation sites excluding steroid dienone is 3. The van der Waals surface area contributed by atoms with E-state index in [0.29, 0.717) is 5.70 Å². The van der Waals surface area contributed by atoms with Gasteiger partial charge in [-0.25, -0.2) is 0 Å². The number of nitrogens with one attached hydrogen (secondary N) is 1. The van der Waals surface area contributed by atoms with Gasteiger partial charge in [-0.05, 0) is 12.2 Å². The van der Waals surface area contributed by atoms with E-state index in [1.807, 2.05) is 27.7 Å². The highest BCUT2D eigenvalue weighted by Crippen LogP contribution is 1.89. The Hall–Kier alpha value is -1.31. The zero-order valence-corrected chi connectivity index (χ0v) is 10.1. The second-order valence-corrected chi connectivity index (χ2v) is 1.74. The molecule has 0 rings (SSSR count). The first-order valence-electron chi connectivity index (χ1n) is 4.93. The first-order chi connectivity index (χ1) is 6.70. The molecule has 0 aromatic rings. The van der Waals surface area contributed by atoms with Gasteiger partial charge in [-0.15, -0.1) is 0 Å². The maximum Gasteiger partial charge on any atom is 0.221 e. The zero-order valence-electron chi connectivity index (χ0n) is 10.1. The summed E-state index contributed by atoms with van der Waals surface area (Å²) in [5.74, 6) is -0.104. The third-order valence-electron chi connectivity index (χ3n) is 0.838. The summed E-state index contributed by atoms with van der Waals surface area (Å²) in [7, 11) is 0. The third-order valence-corrected chi connectivity index (χ3v) is 0.838. The van der Waals surface area contributed by atoms with E-state index < -0.39 is 0 Å². The number of rotatable bonds is 3. The molecule has 0 saturated carbocycles. The Labute approximate surface area is 88.4 Å². The average molecular weight is 197 g/mol. The van der Waals surface area contributed by atoms with Crippen molar-refractivity contribution in [1.29, 1.82) is 0 Å². The fraction of sp³-hybridized carbons (Fsp3) is 0.417. The molecule has 0 atom stereocenters. The maximum atomic E-state index is 10.5. The van der Waals surface area contributed by atoms with Crippen LogP contribution in [-0.2, 0) is 4.79 Å². The second-order valence-electron chi connectivity index (χ2n) is 1.74. The largest absolute Gasteiger partial charge is 0.326 e. The Balaban J connectivity index is -0.000000266. The van der Waals surface area contributed by atoms with Crippen molar-refractivity contribution in [2.45, 2.75) is 34.6 Å². The molecule has 0 spiro atoms. The van der Waals surface area contributed by atoms with E-state index in [0.717, 1.165) is 0 Å². The number of carbonyl (C=O) groups is 1. The van der Waals surface area contributed by atoms with Crippen LogP contribution in [0.3, 0.4) is 0 Å². The molecule has 0 radical (unpaired) electrons. The van der Waals surface area contributed by atoms with Crippen molar-refractivity contribution in [2.75, 3.05) is 0 Å². The van der Waals surface area contributed by atoms with E-state index >= 15 is 0 Å². The molecule has 1 amide bonds. The Morgan fingerprint density at radius 3 is 1.79 bits per heavy atom. The van der Waals surface area contributed by atoms with E-state index in [4.69, 9.17) is 0 Å². The summed E-state index contributed by atoms with van der Waals surface area (Å²) >= 11 is 0. The summed E-state index contributed by atoms with van der Waals surface area (Å²) in [6.45, 7) is 16.4. The van der Waals surface area contributed by atoms with Gasteiger partial charge in [0.1, 0.15) is 0 Å². The lowest BCUT2D eigenvalue weighted by Crippen LogP contribution is -2.17. The van der Waals surface area contributed by atoms with Gasteiger partial charge in [0.15, 0.2) is 0 Å². The van der Waals surface area contributed by atoms with Crippen molar-refractivity contribution in [3.63, 3.8) is 0 Å². The van der Waals surface area contributed by atoms with Crippen molar-refractivity contribution in [3.05, 3.63) is 37.1 Å². The first-order valence-corrected chi connectivity index (χ1v) is 4.93. The molecule has 82 valence electrons. The predicted molar refractivity (Wildman–Crippen MR) is 65.0 cm³/mol. The molecule has 0 fully saturated rings. The fourth-order valence-corrected chi connectivity index (χ4v) is 0.491. The predicted octanol–water partition coefficient (Wildman–Crippen LogP) is 3.43.